The monoisotopic (exact) mass is 215 g/mol. The summed E-state index contributed by atoms with van der Waals surface area (Å²) in [6.45, 7) is 4.57. The van der Waals surface area contributed by atoms with Gasteiger partial charge in [-0.2, -0.15) is 0 Å². The number of nitrogens with one attached hydrogen (secondary N) is 2. The Balaban J connectivity index is 3.65. The van der Waals surface area contributed by atoms with Crippen LogP contribution >= 0.6 is 0 Å². The van der Waals surface area contributed by atoms with Gasteiger partial charge in [-0.05, 0) is 12.8 Å². The van der Waals surface area contributed by atoms with Gasteiger partial charge in [-0.1, -0.05) is 20.3 Å². The first-order chi connectivity index (χ1) is 7.11. The van der Waals surface area contributed by atoms with Crippen molar-refractivity contribution in [2.75, 3.05) is 13.1 Å². The number of rotatable bonds is 7. The van der Waals surface area contributed by atoms with E-state index in [1.807, 2.05) is 13.8 Å². The second kappa shape index (κ2) is 8.23. The van der Waals surface area contributed by atoms with E-state index in [1.165, 1.54) is 0 Å². The number of nitrogens with two attached hydrogens (primary N) is 1. The highest BCUT2D eigenvalue weighted by molar-refractivity contribution is 5.87. The molecular weight excluding hydrogens is 194 g/mol. The van der Waals surface area contributed by atoms with Gasteiger partial charge >= 0.3 is 0 Å². The molecule has 1 atom stereocenters. The van der Waals surface area contributed by atoms with Crippen LogP contribution in [0, 0.1) is 0 Å². The molecule has 88 valence electrons. The summed E-state index contributed by atoms with van der Waals surface area (Å²) in [7, 11) is 0. The van der Waals surface area contributed by atoms with Crippen molar-refractivity contribution < 1.29 is 9.59 Å². The Morgan fingerprint density at radius 1 is 1.20 bits per heavy atom. The largest absolute Gasteiger partial charge is 0.355 e. The molecular formula is C10H21N3O2. The first-order valence-corrected chi connectivity index (χ1v) is 5.41. The lowest BCUT2D eigenvalue weighted by Crippen LogP contribution is -2.44. The molecule has 0 aromatic rings. The van der Waals surface area contributed by atoms with Gasteiger partial charge in [-0.15, -0.1) is 0 Å². The molecule has 0 saturated carbocycles. The quantitative estimate of drug-likeness (QED) is 0.548. The molecule has 15 heavy (non-hydrogen) atoms. The van der Waals surface area contributed by atoms with Crippen molar-refractivity contribution in [1.29, 1.82) is 0 Å². The summed E-state index contributed by atoms with van der Waals surface area (Å²) < 4.78 is 0. The van der Waals surface area contributed by atoms with Crippen LogP contribution in [0.15, 0.2) is 0 Å². The van der Waals surface area contributed by atoms with Crippen molar-refractivity contribution in [3.05, 3.63) is 0 Å². The number of carbonyl (C=O) groups is 2. The summed E-state index contributed by atoms with van der Waals surface area (Å²) in [4.78, 5) is 22.4. The first kappa shape index (κ1) is 13.9. The molecule has 0 heterocycles. The molecule has 0 fully saturated rings. The summed E-state index contributed by atoms with van der Waals surface area (Å²) in [5, 5.41) is 5.16. The topological polar surface area (TPSA) is 84.2 Å². The van der Waals surface area contributed by atoms with Crippen LogP contribution in [0.4, 0.5) is 0 Å². The minimum Gasteiger partial charge on any atom is -0.355 e. The Kier molecular flexibility index (Phi) is 7.62. The summed E-state index contributed by atoms with van der Waals surface area (Å²) >= 11 is 0. The molecule has 0 spiro atoms. The first-order valence-electron chi connectivity index (χ1n) is 5.41. The van der Waals surface area contributed by atoms with Crippen LogP contribution < -0.4 is 16.4 Å². The molecule has 0 saturated heterocycles. The fraction of sp³-hybridized carbons (Fsp3) is 0.800. The van der Waals surface area contributed by atoms with Gasteiger partial charge in [0.2, 0.25) is 11.8 Å². The van der Waals surface area contributed by atoms with Crippen LogP contribution in [0.3, 0.4) is 0 Å². The van der Waals surface area contributed by atoms with Gasteiger partial charge in [0, 0.05) is 6.54 Å². The van der Waals surface area contributed by atoms with E-state index in [0.717, 1.165) is 12.8 Å². The average molecular weight is 215 g/mol. The van der Waals surface area contributed by atoms with E-state index in [4.69, 9.17) is 5.73 Å². The van der Waals surface area contributed by atoms with Crippen molar-refractivity contribution in [3.63, 3.8) is 0 Å². The second-order valence-corrected chi connectivity index (χ2v) is 3.46. The SMILES string of the molecule is CCCNC(=O)CNC(=O)C(N)CCC. The molecule has 0 aromatic carbocycles. The summed E-state index contributed by atoms with van der Waals surface area (Å²) in [6, 6.07) is -0.506. The third-order valence-corrected chi connectivity index (χ3v) is 1.93. The summed E-state index contributed by atoms with van der Waals surface area (Å²) in [6.07, 6.45) is 2.38. The minimum atomic E-state index is -0.506. The molecule has 2 amide bonds. The molecule has 0 rings (SSSR count). The van der Waals surface area contributed by atoms with Gasteiger partial charge in [-0.25, -0.2) is 0 Å². The predicted octanol–water partition coefficient (Wildman–Crippen LogP) is -0.244. The lowest BCUT2D eigenvalue weighted by molar-refractivity contribution is -0.126. The van der Waals surface area contributed by atoms with Crippen LogP contribution in [-0.4, -0.2) is 30.9 Å². The Morgan fingerprint density at radius 3 is 2.40 bits per heavy atom. The van der Waals surface area contributed by atoms with E-state index < -0.39 is 6.04 Å². The van der Waals surface area contributed by atoms with Crippen molar-refractivity contribution in [1.82, 2.24) is 10.6 Å². The Morgan fingerprint density at radius 2 is 1.87 bits per heavy atom. The minimum absolute atomic E-state index is 0.0102. The van der Waals surface area contributed by atoms with E-state index in [2.05, 4.69) is 10.6 Å². The molecule has 0 aliphatic carbocycles. The number of amides is 2. The van der Waals surface area contributed by atoms with Crippen molar-refractivity contribution >= 4 is 11.8 Å². The number of carbonyl (C=O) groups excluding carboxylic acids is 2. The van der Waals surface area contributed by atoms with Crippen LogP contribution in [0.5, 0.6) is 0 Å². The van der Waals surface area contributed by atoms with Gasteiger partial charge in [0.15, 0.2) is 0 Å². The normalized spacial score (nSPS) is 11.9. The number of hydrogen-bond donors (Lipinski definition) is 3. The summed E-state index contributed by atoms with van der Waals surface area (Å²) in [5.41, 5.74) is 5.57. The van der Waals surface area contributed by atoms with Crippen LogP contribution in [0.1, 0.15) is 33.1 Å². The van der Waals surface area contributed by atoms with Gasteiger partial charge in [0.25, 0.3) is 0 Å². The third-order valence-electron chi connectivity index (χ3n) is 1.93. The van der Waals surface area contributed by atoms with Crippen LogP contribution in [-0.2, 0) is 9.59 Å². The maximum atomic E-state index is 11.3. The van der Waals surface area contributed by atoms with Crippen molar-refractivity contribution in [2.45, 2.75) is 39.2 Å². The van der Waals surface area contributed by atoms with Crippen molar-refractivity contribution in [2.24, 2.45) is 5.73 Å². The Hall–Kier alpha value is -1.10. The zero-order valence-electron chi connectivity index (χ0n) is 9.51. The molecule has 0 aliphatic rings. The van der Waals surface area contributed by atoms with Gasteiger partial charge < -0.3 is 16.4 Å². The Labute approximate surface area is 90.8 Å². The fourth-order valence-corrected chi connectivity index (χ4v) is 1.07. The number of hydrogen-bond acceptors (Lipinski definition) is 3. The second-order valence-electron chi connectivity index (χ2n) is 3.46. The third kappa shape index (κ3) is 6.90. The average Bonchev–Trinajstić information content (AvgIpc) is 2.23. The Bertz CT molecular complexity index is 207. The zero-order valence-corrected chi connectivity index (χ0v) is 9.51. The molecule has 1 unspecified atom stereocenters. The summed E-state index contributed by atoms with van der Waals surface area (Å²) in [5.74, 6) is -0.433. The van der Waals surface area contributed by atoms with Gasteiger partial charge in [0.05, 0.1) is 12.6 Å². The molecule has 0 aliphatic heterocycles. The molecule has 0 bridgehead atoms. The molecule has 0 radical (unpaired) electrons. The highest BCUT2D eigenvalue weighted by atomic mass is 16.2. The van der Waals surface area contributed by atoms with Crippen molar-refractivity contribution in [3.8, 4) is 0 Å². The molecule has 5 nitrogen and oxygen atoms in total. The van der Waals surface area contributed by atoms with E-state index >= 15 is 0 Å². The van der Waals surface area contributed by atoms with E-state index in [1.54, 1.807) is 0 Å². The lowest BCUT2D eigenvalue weighted by atomic mass is 10.2. The molecule has 4 N–H and O–H groups in total. The maximum Gasteiger partial charge on any atom is 0.239 e. The molecule has 0 aromatic heterocycles. The van der Waals surface area contributed by atoms with E-state index in [0.29, 0.717) is 13.0 Å². The maximum absolute atomic E-state index is 11.3. The predicted molar refractivity (Wildman–Crippen MR) is 59.2 cm³/mol. The molecule has 5 heteroatoms. The van der Waals surface area contributed by atoms with Gasteiger partial charge in [-0.3, -0.25) is 9.59 Å². The van der Waals surface area contributed by atoms with Crippen LogP contribution in [0.25, 0.3) is 0 Å². The highest BCUT2D eigenvalue weighted by Crippen LogP contribution is 1.92. The standard InChI is InChI=1S/C10H21N3O2/c1-3-5-8(11)10(15)13-7-9(14)12-6-4-2/h8H,3-7,11H2,1-2H3,(H,12,14)(H,13,15). The van der Waals surface area contributed by atoms with Crippen LogP contribution in [0.2, 0.25) is 0 Å². The zero-order chi connectivity index (χ0) is 11.7. The van der Waals surface area contributed by atoms with E-state index in [9.17, 15) is 9.59 Å². The highest BCUT2D eigenvalue weighted by Gasteiger charge is 2.12. The van der Waals surface area contributed by atoms with E-state index in [-0.39, 0.29) is 18.4 Å². The fourth-order valence-electron chi connectivity index (χ4n) is 1.07. The smallest absolute Gasteiger partial charge is 0.239 e. The van der Waals surface area contributed by atoms with Gasteiger partial charge in [0.1, 0.15) is 0 Å². The lowest BCUT2D eigenvalue weighted by Gasteiger charge is -2.10.